The normalized spacial score (nSPS) is 26.8. The van der Waals surface area contributed by atoms with Crippen LogP contribution in [-0.2, 0) is 28.6 Å². The van der Waals surface area contributed by atoms with Gasteiger partial charge in [-0.25, -0.2) is 14.4 Å². The number of rotatable bonds is 4. The minimum Gasteiger partial charge on any atom is -0.441 e. The van der Waals surface area contributed by atoms with Crippen LogP contribution < -0.4 is 0 Å². The molecule has 1 rings (SSSR count). The number of ether oxygens (including phenoxy) is 3. The molecule has 6 heteroatoms. The molecule has 18 heavy (non-hydrogen) atoms. The largest absolute Gasteiger partial charge is 0.441 e. The van der Waals surface area contributed by atoms with Crippen molar-refractivity contribution >= 4 is 17.9 Å². The highest BCUT2D eigenvalue weighted by molar-refractivity contribution is 5.91. The van der Waals surface area contributed by atoms with E-state index in [9.17, 15) is 14.4 Å². The third-order valence-electron chi connectivity index (χ3n) is 2.33. The van der Waals surface area contributed by atoms with E-state index in [2.05, 4.69) is 6.58 Å². The predicted octanol–water partition coefficient (Wildman–Crippen LogP) is 0.540. The van der Waals surface area contributed by atoms with Gasteiger partial charge in [0.2, 0.25) is 11.4 Å². The zero-order valence-electron chi connectivity index (χ0n) is 10.4. The van der Waals surface area contributed by atoms with Crippen LogP contribution in [0.2, 0.25) is 0 Å². The molecule has 0 aromatic carbocycles. The lowest BCUT2D eigenvalue weighted by Crippen LogP contribution is -2.47. The monoisotopic (exact) mass is 254 g/mol. The summed E-state index contributed by atoms with van der Waals surface area (Å²) in [6.07, 6.45) is -0.492. The van der Waals surface area contributed by atoms with Gasteiger partial charge in [0.05, 0.1) is 6.10 Å². The van der Waals surface area contributed by atoms with E-state index in [-0.39, 0.29) is 11.9 Å². The molecule has 6 nitrogen and oxygen atoms in total. The molecule has 1 aliphatic rings. The van der Waals surface area contributed by atoms with Crippen LogP contribution >= 0.6 is 0 Å². The summed E-state index contributed by atoms with van der Waals surface area (Å²) in [5.74, 6) is -0.528. The lowest BCUT2D eigenvalue weighted by molar-refractivity contribution is -0.177. The Kier molecular flexibility index (Phi) is 4.06. The molecular weight excluding hydrogens is 240 g/mol. The van der Waals surface area contributed by atoms with Gasteiger partial charge in [-0.1, -0.05) is 6.58 Å². The molecule has 1 saturated heterocycles. The molecule has 2 unspecified atom stereocenters. The average molecular weight is 254 g/mol. The molecule has 0 amide bonds. The molecule has 0 radical (unpaired) electrons. The molecule has 1 fully saturated rings. The lowest BCUT2D eigenvalue weighted by Gasteiger charge is -2.26. The maximum atomic E-state index is 11.7. The fraction of sp³-hybridized carbons (Fsp3) is 0.500. The van der Waals surface area contributed by atoms with Crippen molar-refractivity contribution in [2.75, 3.05) is 0 Å². The molecule has 2 atom stereocenters. The number of carbonyl (C=O) groups is 2. The van der Waals surface area contributed by atoms with Crippen molar-refractivity contribution in [3.05, 3.63) is 18.4 Å². The van der Waals surface area contributed by atoms with Gasteiger partial charge >= 0.3 is 11.9 Å². The fourth-order valence-electron chi connectivity index (χ4n) is 1.50. The zero-order valence-corrected chi connectivity index (χ0v) is 10.4. The van der Waals surface area contributed by atoms with Crippen LogP contribution in [0.5, 0.6) is 0 Å². The predicted molar refractivity (Wildman–Crippen MR) is 60.0 cm³/mol. The summed E-state index contributed by atoms with van der Waals surface area (Å²) < 4.78 is 15.0. The SMILES string of the molecule is C=CC(=O)OC1(C)C(=O)OC(=C=O)C1OC(C)C. The summed E-state index contributed by atoms with van der Waals surface area (Å²) in [6.45, 7) is 7.96. The lowest BCUT2D eigenvalue weighted by atomic mass is 10.0. The first-order valence-electron chi connectivity index (χ1n) is 5.33. The van der Waals surface area contributed by atoms with Crippen LogP contribution in [0, 0.1) is 0 Å². The second-order valence-corrected chi connectivity index (χ2v) is 4.15. The van der Waals surface area contributed by atoms with E-state index in [1.54, 1.807) is 13.8 Å². The van der Waals surface area contributed by atoms with Gasteiger partial charge in [-0.15, -0.1) is 0 Å². The molecule has 0 aromatic heterocycles. The number of cyclic esters (lactones) is 1. The van der Waals surface area contributed by atoms with Gasteiger partial charge in [0.1, 0.15) is 0 Å². The highest BCUT2D eigenvalue weighted by atomic mass is 16.7. The third-order valence-corrected chi connectivity index (χ3v) is 2.33. The van der Waals surface area contributed by atoms with E-state index < -0.39 is 23.6 Å². The van der Waals surface area contributed by atoms with Gasteiger partial charge < -0.3 is 14.2 Å². The molecule has 0 bridgehead atoms. The van der Waals surface area contributed by atoms with Gasteiger partial charge in [-0.05, 0) is 20.8 Å². The second kappa shape index (κ2) is 5.16. The molecule has 1 aliphatic heterocycles. The first kappa shape index (κ1) is 14.2. The molecule has 98 valence electrons. The Balaban J connectivity index is 3.11. The van der Waals surface area contributed by atoms with E-state index in [0.29, 0.717) is 0 Å². The first-order valence-corrected chi connectivity index (χ1v) is 5.33. The highest BCUT2D eigenvalue weighted by Gasteiger charge is 2.57. The Bertz CT molecular complexity index is 432. The Morgan fingerprint density at radius 3 is 2.67 bits per heavy atom. The van der Waals surface area contributed by atoms with Crippen molar-refractivity contribution in [2.45, 2.75) is 38.6 Å². The molecule has 0 spiro atoms. The summed E-state index contributed by atoms with van der Waals surface area (Å²) in [5, 5.41) is 0. The number of carbonyl (C=O) groups excluding carboxylic acids is 3. The Morgan fingerprint density at radius 2 is 2.22 bits per heavy atom. The van der Waals surface area contributed by atoms with E-state index in [0.717, 1.165) is 6.08 Å². The van der Waals surface area contributed by atoms with Crippen LogP contribution in [0.15, 0.2) is 18.4 Å². The quantitative estimate of drug-likeness (QED) is 0.414. The van der Waals surface area contributed by atoms with Gasteiger partial charge in [0.15, 0.2) is 12.0 Å². The minimum atomic E-state index is -1.71. The highest BCUT2D eigenvalue weighted by Crippen LogP contribution is 2.34. The molecule has 0 saturated carbocycles. The number of esters is 2. The smallest absolute Gasteiger partial charge is 0.359 e. The van der Waals surface area contributed by atoms with E-state index >= 15 is 0 Å². The van der Waals surface area contributed by atoms with Gasteiger partial charge in [-0.3, -0.25) is 0 Å². The van der Waals surface area contributed by atoms with E-state index in [1.807, 2.05) is 0 Å². The summed E-state index contributed by atoms with van der Waals surface area (Å²) >= 11 is 0. The Hall–Kier alpha value is -1.91. The van der Waals surface area contributed by atoms with Crippen molar-refractivity contribution in [2.24, 2.45) is 0 Å². The topological polar surface area (TPSA) is 78.9 Å². The van der Waals surface area contributed by atoms with E-state index in [1.165, 1.54) is 12.9 Å². The minimum absolute atomic E-state index is 0.297. The van der Waals surface area contributed by atoms with Gasteiger partial charge in [-0.2, -0.15) is 0 Å². The van der Waals surface area contributed by atoms with Crippen molar-refractivity contribution in [3.8, 4) is 0 Å². The Morgan fingerprint density at radius 1 is 1.61 bits per heavy atom. The molecular formula is C12H14O6. The van der Waals surface area contributed by atoms with Crippen molar-refractivity contribution in [3.63, 3.8) is 0 Å². The summed E-state index contributed by atoms with van der Waals surface area (Å²) in [4.78, 5) is 33.6. The van der Waals surface area contributed by atoms with E-state index in [4.69, 9.17) is 14.2 Å². The third kappa shape index (κ3) is 2.50. The van der Waals surface area contributed by atoms with Crippen LogP contribution in [0.4, 0.5) is 0 Å². The molecule has 0 N–H and O–H groups in total. The van der Waals surface area contributed by atoms with Crippen molar-refractivity contribution in [1.29, 1.82) is 0 Å². The summed E-state index contributed by atoms with van der Waals surface area (Å²) in [7, 11) is 0. The van der Waals surface area contributed by atoms with Crippen LogP contribution in [0.3, 0.4) is 0 Å². The van der Waals surface area contributed by atoms with Gasteiger partial charge in [0.25, 0.3) is 0 Å². The summed E-state index contributed by atoms with van der Waals surface area (Å²) in [5.41, 5.74) is -1.71. The molecule has 1 heterocycles. The zero-order chi connectivity index (χ0) is 13.9. The maximum absolute atomic E-state index is 11.7. The number of hydrogen-bond acceptors (Lipinski definition) is 6. The summed E-state index contributed by atoms with van der Waals surface area (Å²) in [6, 6.07) is 0. The van der Waals surface area contributed by atoms with Crippen LogP contribution in [0.1, 0.15) is 20.8 Å². The standard InChI is InChI=1S/C12H14O6/c1-5-9(14)18-12(4)10(16-7(2)3)8(6-13)17-11(12)15/h5,7,10H,1H2,2-4H3. The second-order valence-electron chi connectivity index (χ2n) is 4.15. The first-order chi connectivity index (χ1) is 8.35. The maximum Gasteiger partial charge on any atom is 0.359 e. The fourth-order valence-corrected chi connectivity index (χ4v) is 1.50. The van der Waals surface area contributed by atoms with Crippen LogP contribution in [0.25, 0.3) is 0 Å². The van der Waals surface area contributed by atoms with Crippen molar-refractivity contribution < 1.29 is 28.6 Å². The Labute approximate surface area is 104 Å². The molecule has 0 aliphatic carbocycles. The molecule has 0 aromatic rings. The van der Waals surface area contributed by atoms with Crippen LogP contribution in [-0.4, -0.2) is 35.7 Å². The number of hydrogen-bond donors (Lipinski definition) is 0. The van der Waals surface area contributed by atoms with Crippen molar-refractivity contribution in [1.82, 2.24) is 0 Å². The average Bonchev–Trinajstić information content (AvgIpc) is 2.53. The van der Waals surface area contributed by atoms with Gasteiger partial charge in [0, 0.05) is 6.08 Å².